The van der Waals surface area contributed by atoms with Crippen LogP contribution >= 0.6 is 0 Å². The van der Waals surface area contributed by atoms with Crippen LogP contribution in [0.4, 0.5) is 4.39 Å². The van der Waals surface area contributed by atoms with Gasteiger partial charge in [-0.3, -0.25) is 4.99 Å². The molecule has 70 valence electrons. The lowest BCUT2D eigenvalue weighted by Gasteiger charge is -2.02. The maximum atomic E-state index is 12.8. The van der Waals surface area contributed by atoms with Crippen molar-refractivity contribution in [2.45, 2.75) is 20.4 Å². The number of halogens is 1. The minimum atomic E-state index is -0.231. The number of hydrogen-bond acceptors (Lipinski definition) is 1. The van der Waals surface area contributed by atoms with E-state index in [1.807, 2.05) is 6.92 Å². The first kappa shape index (κ1) is 9.71. The maximum absolute atomic E-state index is 12.8. The molecule has 0 spiro atoms. The fraction of sp³-hybridized carbons (Fsp3) is 0.300. The standard InChI is InChI=1S/C10H13FN2/c1-7-3-4-10(11)5-9(7)6-13-8(2)12/h3-5H,6H2,1-2H3,(H2,12,13). The molecular weight excluding hydrogens is 167 g/mol. The van der Waals surface area contributed by atoms with Gasteiger partial charge in [-0.1, -0.05) is 6.07 Å². The molecule has 13 heavy (non-hydrogen) atoms. The highest BCUT2D eigenvalue weighted by molar-refractivity contribution is 5.77. The lowest BCUT2D eigenvalue weighted by Crippen LogP contribution is -2.05. The molecule has 0 fully saturated rings. The summed E-state index contributed by atoms with van der Waals surface area (Å²) in [4.78, 5) is 4.02. The van der Waals surface area contributed by atoms with E-state index >= 15 is 0 Å². The molecule has 0 amide bonds. The minimum absolute atomic E-state index is 0.231. The SMILES string of the molecule is CC(N)=NCc1cc(F)ccc1C. The fourth-order valence-electron chi connectivity index (χ4n) is 1.02. The predicted octanol–water partition coefficient (Wildman–Crippen LogP) is 2.01. The highest BCUT2D eigenvalue weighted by Crippen LogP contribution is 2.10. The summed E-state index contributed by atoms with van der Waals surface area (Å²) >= 11 is 0. The van der Waals surface area contributed by atoms with Crippen LogP contribution in [0.15, 0.2) is 23.2 Å². The molecule has 0 aliphatic carbocycles. The smallest absolute Gasteiger partial charge is 0.123 e. The number of rotatable bonds is 2. The molecular formula is C10H13FN2. The van der Waals surface area contributed by atoms with E-state index in [2.05, 4.69) is 4.99 Å². The van der Waals surface area contributed by atoms with E-state index in [1.165, 1.54) is 12.1 Å². The molecule has 0 heterocycles. The highest BCUT2D eigenvalue weighted by atomic mass is 19.1. The Morgan fingerprint density at radius 3 is 2.85 bits per heavy atom. The Hall–Kier alpha value is -1.38. The normalized spacial score (nSPS) is 11.8. The molecule has 1 rings (SSSR count). The second-order valence-corrected chi connectivity index (χ2v) is 3.03. The Morgan fingerprint density at radius 1 is 1.54 bits per heavy atom. The van der Waals surface area contributed by atoms with Crippen LogP contribution < -0.4 is 5.73 Å². The zero-order chi connectivity index (χ0) is 9.84. The van der Waals surface area contributed by atoms with Gasteiger partial charge in [0.2, 0.25) is 0 Å². The van der Waals surface area contributed by atoms with E-state index < -0.39 is 0 Å². The number of aliphatic imine (C=N–C) groups is 1. The molecule has 0 aliphatic rings. The van der Waals surface area contributed by atoms with Crippen molar-refractivity contribution in [2.24, 2.45) is 10.7 Å². The van der Waals surface area contributed by atoms with Gasteiger partial charge in [-0.2, -0.15) is 0 Å². The van der Waals surface area contributed by atoms with E-state index in [0.717, 1.165) is 11.1 Å². The third-order valence-corrected chi connectivity index (χ3v) is 1.81. The molecule has 0 unspecified atom stereocenters. The van der Waals surface area contributed by atoms with Crippen LogP contribution in [0.3, 0.4) is 0 Å². The topological polar surface area (TPSA) is 38.4 Å². The lowest BCUT2D eigenvalue weighted by atomic mass is 10.1. The largest absolute Gasteiger partial charge is 0.388 e. The first-order valence-electron chi connectivity index (χ1n) is 4.11. The van der Waals surface area contributed by atoms with E-state index in [0.29, 0.717) is 12.4 Å². The maximum Gasteiger partial charge on any atom is 0.123 e. The van der Waals surface area contributed by atoms with Gasteiger partial charge >= 0.3 is 0 Å². The van der Waals surface area contributed by atoms with Gasteiger partial charge in [0, 0.05) is 0 Å². The van der Waals surface area contributed by atoms with Crippen molar-refractivity contribution >= 4 is 5.84 Å². The monoisotopic (exact) mass is 180 g/mol. The van der Waals surface area contributed by atoms with Crippen molar-refractivity contribution < 1.29 is 4.39 Å². The third-order valence-electron chi connectivity index (χ3n) is 1.81. The Balaban J connectivity index is 2.87. The molecule has 0 aliphatic heterocycles. The minimum Gasteiger partial charge on any atom is -0.388 e. The fourth-order valence-corrected chi connectivity index (χ4v) is 1.02. The quantitative estimate of drug-likeness (QED) is 0.548. The number of aryl methyl sites for hydroxylation is 1. The summed E-state index contributed by atoms with van der Waals surface area (Å²) in [5.74, 6) is 0.286. The van der Waals surface area contributed by atoms with Gasteiger partial charge in [-0.05, 0) is 37.1 Å². The molecule has 0 saturated heterocycles. The molecule has 0 saturated carbocycles. The zero-order valence-corrected chi connectivity index (χ0v) is 7.84. The van der Waals surface area contributed by atoms with E-state index in [9.17, 15) is 4.39 Å². The molecule has 2 nitrogen and oxygen atoms in total. The average molecular weight is 180 g/mol. The van der Waals surface area contributed by atoms with Gasteiger partial charge < -0.3 is 5.73 Å². The summed E-state index contributed by atoms with van der Waals surface area (Å²) in [6.07, 6.45) is 0. The van der Waals surface area contributed by atoms with Crippen molar-refractivity contribution in [1.29, 1.82) is 0 Å². The molecule has 0 radical (unpaired) electrons. The number of hydrogen-bond donors (Lipinski definition) is 1. The van der Waals surface area contributed by atoms with Crippen molar-refractivity contribution in [1.82, 2.24) is 0 Å². The summed E-state index contributed by atoms with van der Waals surface area (Å²) < 4.78 is 12.8. The zero-order valence-electron chi connectivity index (χ0n) is 7.84. The van der Waals surface area contributed by atoms with Crippen LogP contribution in [0.1, 0.15) is 18.1 Å². The van der Waals surface area contributed by atoms with Gasteiger partial charge in [0.1, 0.15) is 5.82 Å². The van der Waals surface area contributed by atoms with E-state index in [-0.39, 0.29) is 5.82 Å². The molecule has 0 aromatic heterocycles. The van der Waals surface area contributed by atoms with Gasteiger partial charge in [0.25, 0.3) is 0 Å². The van der Waals surface area contributed by atoms with Crippen LogP contribution in [-0.2, 0) is 6.54 Å². The molecule has 1 aromatic rings. The van der Waals surface area contributed by atoms with Gasteiger partial charge in [-0.25, -0.2) is 4.39 Å². The number of nitrogens with two attached hydrogens (primary N) is 1. The Morgan fingerprint density at radius 2 is 2.23 bits per heavy atom. The van der Waals surface area contributed by atoms with E-state index in [4.69, 9.17) is 5.73 Å². The summed E-state index contributed by atoms with van der Waals surface area (Å²) in [7, 11) is 0. The molecule has 0 atom stereocenters. The summed E-state index contributed by atoms with van der Waals surface area (Å²) in [6.45, 7) is 4.09. The molecule has 3 heteroatoms. The van der Waals surface area contributed by atoms with Gasteiger partial charge in [-0.15, -0.1) is 0 Å². The molecule has 2 N–H and O–H groups in total. The van der Waals surface area contributed by atoms with Crippen molar-refractivity contribution in [3.63, 3.8) is 0 Å². The van der Waals surface area contributed by atoms with Gasteiger partial charge in [0.05, 0.1) is 12.4 Å². The summed E-state index contributed by atoms with van der Waals surface area (Å²) in [5, 5.41) is 0. The second kappa shape index (κ2) is 4.03. The summed E-state index contributed by atoms with van der Waals surface area (Å²) in [6, 6.07) is 4.67. The average Bonchev–Trinajstić information content (AvgIpc) is 2.06. The van der Waals surface area contributed by atoms with Crippen LogP contribution in [0.2, 0.25) is 0 Å². The third kappa shape index (κ3) is 2.86. The van der Waals surface area contributed by atoms with Crippen LogP contribution in [-0.4, -0.2) is 5.84 Å². The first-order valence-corrected chi connectivity index (χ1v) is 4.11. The summed E-state index contributed by atoms with van der Waals surface area (Å²) in [5.41, 5.74) is 7.30. The van der Waals surface area contributed by atoms with Crippen molar-refractivity contribution in [3.05, 3.63) is 35.1 Å². The van der Waals surface area contributed by atoms with Crippen LogP contribution in [0.25, 0.3) is 0 Å². The molecule has 1 aromatic carbocycles. The van der Waals surface area contributed by atoms with Crippen LogP contribution in [0, 0.1) is 12.7 Å². The highest BCUT2D eigenvalue weighted by Gasteiger charge is 1.98. The Bertz CT molecular complexity index is 328. The number of amidine groups is 1. The first-order chi connectivity index (χ1) is 6.09. The van der Waals surface area contributed by atoms with Crippen molar-refractivity contribution in [3.8, 4) is 0 Å². The van der Waals surface area contributed by atoms with Crippen LogP contribution in [0.5, 0.6) is 0 Å². The predicted molar refractivity (Wildman–Crippen MR) is 52.1 cm³/mol. The van der Waals surface area contributed by atoms with Gasteiger partial charge in [0.15, 0.2) is 0 Å². The van der Waals surface area contributed by atoms with E-state index in [1.54, 1.807) is 13.0 Å². The Labute approximate surface area is 77.3 Å². The molecule has 0 bridgehead atoms. The second-order valence-electron chi connectivity index (χ2n) is 3.03. The number of nitrogens with zero attached hydrogens (tertiary/aromatic N) is 1. The number of benzene rings is 1. The Kier molecular flexibility index (Phi) is 3.01. The van der Waals surface area contributed by atoms with Crippen molar-refractivity contribution in [2.75, 3.05) is 0 Å². The lowest BCUT2D eigenvalue weighted by molar-refractivity contribution is 0.625.